The topological polar surface area (TPSA) is 66.5 Å². The van der Waals surface area contributed by atoms with Gasteiger partial charge in [0.05, 0.1) is 11.9 Å². The molecule has 8 heteroatoms. The predicted octanol–water partition coefficient (Wildman–Crippen LogP) is 2.76. The third-order valence-corrected chi connectivity index (χ3v) is 4.39. The van der Waals surface area contributed by atoms with E-state index in [1.54, 1.807) is 30.3 Å². The molecule has 24 heavy (non-hydrogen) atoms. The minimum absolute atomic E-state index is 0.0380. The van der Waals surface area contributed by atoms with Gasteiger partial charge >= 0.3 is 0 Å². The number of rotatable bonds is 6. The summed E-state index contributed by atoms with van der Waals surface area (Å²) >= 11 is 0. The number of amides is 1. The van der Waals surface area contributed by atoms with Crippen molar-refractivity contribution in [2.75, 3.05) is 22.4 Å². The number of hydrogen-bond donors (Lipinski definition) is 1. The van der Waals surface area contributed by atoms with Gasteiger partial charge in [-0.05, 0) is 24.3 Å². The summed E-state index contributed by atoms with van der Waals surface area (Å²) in [5.74, 6) is -2.62. The number of para-hydroxylation sites is 1. The number of benzene rings is 2. The third kappa shape index (κ3) is 4.76. The van der Waals surface area contributed by atoms with E-state index in [0.717, 1.165) is 28.8 Å². The van der Waals surface area contributed by atoms with Crippen molar-refractivity contribution in [2.45, 2.75) is 6.42 Å². The standard InChI is InChI=1S/C16H16F2N2O3S/c1-24(22,23)20(13-7-8-14(17)15(18)11-13)10-9-16(21)19-12-5-3-2-4-6-12/h2-8,11H,9-10H2,1H3,(H,19,21). The summed E-state index contributed by atoms with van der Waals surface area (Å²) in [5.41, 5.74) is 0.546. The predicted molar refractivity (Wildman–Crippen MR) is 88.2 cm³/mol. The molecule has 0 bridgehead atoms. The van der Waals surface area contributed by atoms with E-state index in [2.05, 4.69) is 5.32 Å². The zero-order chi connectivity index (χ0) is 17.7. The Labute approximate surface area is 139 Å². The summed E-state index contributed by atoms with van der Waals surface area (Å²) in [6, 6.07) is 11.5. The fourth-order valence-electron chi connectivity index (χ4n) is 2.07. The van der Waals surface area contributed by atoms with Gasteiger partial charge < -0.3 is 5.32 Å². The number of carbonyl (C=O) groups excluding carboxylic acids is 1. The van der Waals surface area contributed by atoms with Crippen molar-refractivity contribution in [2.24, 2.45) is 0 Å². The van der Waals surface area contributed by atoms with Crippen molar-refractivity contribution >= 4 is 27.3 Å². The Morgan fingerprint density at radius 3 is 2.33 bits per heavy atom. The smallest absolute Gasteiger partial charge is 0.232 e. The number of nitrogens with one attached hydrogen (secondary N) is 1. The second-order valence-corrected chi connectivity index (χ2v) is 7.00. The Bertz CT molecular complexity index is 826. The third-order valence-electron chi connectivity index (χ3n) is 3.19. The largest absolute Gasteiger partial charge is 0.326 e. The van der Waals surface area contributed by atoms with Gasteiger partial charge in [0, 0.05) is 24.7 Å². The van der Waals surface area contributed by atoms with Crippen LogP contribution in [-0.4, -0.2) is 27.1 Å². The lowest BCUT2D eigenvalue weighted by atomic mass is 10.2. The van der Waals surface area contributed by atoms with Gasteiger partial charge in [-0.25, -0.2) is 17.2 Å². The highest BCUT2D eigenvalue weighted by atomic mass is 32.2. The van der Waals surface area contributed by atoms with Crippen LogP contribution in [0.2, 0.25) is 0 Å². The molecule has 1 amide bonds. The van der Waals surface area contributed by atoms with Crippen LogP contribution in [0.3, 0.4) is 0 Å². The molecule has 0 aliphatic carbocycles. The second kappa shape index (κ2) is 7.39. The molecule has 1 N–H and O–H groups in total. The van der Waals surface area contributed by atoms with Crippen molar-refractivity contribution < 1.29 is 22.0 Å². The average Bonchev–Trinajstić information content (AvgIpc) is 2.50. The van der Waals surface area contributed by atoms with Crippen molar-refractivity contribution in [3.8, 4) is 0 Å². The van der Waals surface area contributed by atoms with Gasteiger partial charge in [-0.2, -0.15) is 0 Å². The molecule has 2 rings (SSSR count). The normalized spacial score (nSPS) is 11.1. The zero-order valence-electron chi connectivity index (χ0n) is 12.9. The number of hydrogen-bond acceptors (Lipinski definition) is 3. The minimum Gasteiger partial charge on any atom is -0.326 e. The molecule has 0 heterocycles. The lowest BCUT2D eigenvalue weighted by molar-refractivity contribution is -0.116. The van der Waals surface area contributed by atoms with Gasteiger partial charge in [0.15, 0.2) is 11.6 Å². The average molecular weight is 354 g/mol. The minimum atomic E-state index is -3.75. The van der Waals surface area contributed by atoms with E-state index >= 15 is 0 Å². The highest BCUT2D eigenvalue weighted by molar-refractivity contribution is 7.92. The van der Waals surface area contributed by atoms with E-state index in [4.69, 9.17) is 0 Å². The first-order valence-electron chi connectivity index (χ1n) is 7.05. The summed E-state index contributed by atoms with van der Waals surface area (Å²) in [4.78, 5) is 11.9. The van der Waals surface area contributed by atoms with E-state index in [1.807, 2.05) is 0 Å². The molecule has 0 saturated carbocycles. The van der Waals surface area contributed by atoms with E-state index in [-0.39, 0.29) is 18.7 Å². The van der Waals surface area contributed by atoms with Gasteiger partial charge in [-0.15, -0.1) is 0 Å². The molecule has 0 aromatic heterocycles. The Morgan fingerprint density at radius 1 is 1.08 bits per heavy atom. The Kier molecular flexibility index (Phi) is 5.50. The van der Waals surface area contributed by atoms with E-state index in [0.29, 0.717) is 5.69 Å². The number of halogens is 2. The van der Waals surface area contributed by atoms with Crippen LogP contribution in [0.15, 0.2) is 48.5 Å². The molecule has 0 fully saturated rings. The van der Waals surface area contributed by atoms with Gasteiger partial charge in [0.2, 0.25) is 15.9 Å². The molecule has 0 radical (unpaired) electrons. The number of anilines is 2. The number of carbonyl (C=O) groups is 1. The zero-order valence-corrected chi connectivity index (χ0v) is 13.7. The van der Waals surface area contributed by atoms with Crippen molar-refractivity contribution in [1.29, 1.82) is 0 Å². The van der Waals surface area contributed by atoms with E-state index in [9.17, 15) is 22.0 Å². The van der Waals surface area contributed by atoms with Gasteiger partial charge in [0.1, 0.15) is 0 Å². The first-order chi connectivity index (χ1) is 11.3. The Balaban J connectivity index is 2.10. The summed E-state index contributed by atoms with van der Waals surface area (Å²) in [6.45, 7) is -0.192. The maximum Gasteiger partial charge on any atom is 0.232 e. The van der Waals surface area contributed by atoms with Crippen LogP contribution < -0.4 is 9.62 Å². The fourth-order valence-corrected chi connectivity index (χ4v) is 2.99. The Hall–Kier alpha value is -2.48. The molecule has 0 unspecified atom stereocenters. The van der Waals surface area contributed by atoms with Crippen LogP contribution in [0.5, 0.6) is 0 Å². The highest BCUT2D eigenvalue weighted by Crippen LogP contribution is 2.21. The lowest BCUT2D eigenvalue weighted by Crippen LogP contribution is -2.33. The molecule has 128 valence electrons. The summed E-state index contributed by atoms with van der Waals surface area (Å²) in [5, 5.41) is 2.63. The number of nitrogens with zero attached hydrogens (tertiary/aromatic N) is 1. The highest BCUT2D eigenvalue weighted by Gasteiger charge is 2.20. The van der Waals surface area contributed by atoms with Crippen LogP contribution in [0.25, 0.3) is 0 Å². The fraction of sp³-hybridized carbons (Fsp3) is 0.188. The van der Waals surface area contributed by atoms with Crippen molar-refractivity contribution in [3.05, 3.63) is 60.2 Å². The first-order valence-corrected chi connectivity index (χ1v) is 8.90. The van der Waals surface area contributed by atoms with Gasteiger partial charge in [-0.3, -0.25) is 9.10 Å². The van der Waals surface area contributed by atoms with Gasteiger partial charge in [-0.1, -0.05) is 18.2 Å². The molecule has 0 aliphatic heterocycles. The molecule has 0 saturated heterocycles. The maximum atomic E-state index is 13.3. The van der Waals surface area contributed by atoms with Crippen LogP contribution in [0, 0.1) is 11.6 Å². The molecule has 0 spiro atoms. The summed E-state index contributed by atoms with van der Waals surface area (Å²) < 4.78 is 51.0. The van der Waals surface area contributed by atoms with Crippen LogP contribution >= 0.6 is 0 Å². The quantitative estimate of drug-likeness (QED) is 0.867. The maximum absolute atomic E-state index is 13.3. The Morgan fingerprint density at radius 2 is 1.75 bits per heavy atom. The SMILES string of the molecule is CS(=O)(=O)N(CCC(=O)Nc1ccccc1)c1ccc(F)c(F)c1. The molecule has 5 nitrogen and oxygen atoms in total. The summed E-state index contributed by atoms with van der Waals surface area (Å²) in [7, 11) is -3.75. The van der Waals surface area contributed by atoms with Gasteiger partial charge in [0.25, 0.3) is 0 Å². The van der Waals surface area contributed by atoms with Crippen LogP contribution in [0.1, 0.15) is 6.42 Å². The lowest BCUT2D eigenvalue weighted by Gasteiger charge is -2.22. The molecule has 0 aliphatic rings. The van der Waals surface area contributed by atoms with Crippen LogP contribution in [-0.2, 0) is 14.8 Å². The molecule has 2 aromatic carbocycles. The number of sulfonamides is 1. The van der Waals surface area contributed by atoms with E-state index < -0.39 is 27.6 Å². The van der Waals surface area contributed by atoms with Crippen molar-refractivity contribution in [1.82, 2.24) is 0 Å². The first kappa shape index (κ1) is 17.9. The molecule has 0 atom stereocenters. The van der Waals surface area contributed by atoms with Crippen LogP contribution in [0.4, 0.5) is 20.2 Å². The molecular formula is C16H16F2N2O3S. The second-order valence-electron chi connectivity index (χ2n) is 5.10. The molecular weight excluding hydrogens is 338 g/mol. The monoisotopic (exact) mass is 354 g/mol. The molecule has 2 aromatic rings. The van der Waals surface area contributed by atoms with Crippen molar-refractivity contribution in [3.63, 3.8) is 0 Å². The summed E-state index contributed by atoms with van der Waals surface area (Å²) in [6.07, 6.45) is 0.796. The van der Waals surface area contributed by atoms with E-state index in [1.165, 1.54) is 0 Å².